The minimum absolute atomic E-state index is 0.0716. The highest BCUT2D eigenvalue weighted by Gasteiger charge is 2.17. The number of unbranched alkanes of at least 4 members (excludes halogenated alkanes) is 21. The van der Waals surface area contributed by atoms with Gasteiger partial charge in [-0.15, -0.1) is 0 Å². The molecule has 0 aromatic rings. The van der Waals surface area contributed by atoms with E-state index in [9.17, 15) is 15.0 Å². The minimum Gasteiger partial charge on any atom is -0.394 e. The fourth-order valence-corrected chi connectivity index (χ4v) is 4.99. The first-order chi connectivity index (χ1) is 19.2. The van der Waals surface area contributed by atoms with Crippen LogP contribution in [0.4, 0.5) is 0 Å². The van der Waals surface area contributed by atoms with Crippen molar-refractivity contribution < 1.29 is 15.0 Å². The van der Waals surface area contributed by atoms with Crippen LogP contribution >= 0.6 is 0 Å². The molecule has 39 heavy (non-hydrogen) atoms. The van der Waals surface area contributed by atoms with E-state index in [4.69, 9.17) is 0 Å². The van der Waals surface area contributed by atoms with Crippen LogP contribution in [0.1, 0.15) is 174 Å². The Labute approximate surface area is 243 Å². The van der Waals surface area contributed by atoms with E-state index < -0.39 is 12.1 Å². The highest BCUT2D eigenvalue weighted by molar-refractivity contribution is 5.76. The van der Waals surface area contributed by atoms with E-state index in [1.807, 2.05) is 6.08 Å². The van der Waals surface area contributed by atoms with Gasteiger partial charge in [-0.3, -0.25) is 4.79 Å². The number of rotatable bonds is 30. The summed E-state index contributed by atoms with van der Waals surface area (Å²) in [5.41, 5.74) is 0. The van der Waals surface area contributed by atoms with Gasteiger partial charge >= 0.3 is 0 Å². The molecule has 0 bridgehead atoms. The van der Waals surface area contributed by atoms with Gasteiger partial charge in [-0.05, 0) is 44.9 Å². The number of aliphatic hydroxyl groups excluding tert-OH is 2. The molecule has 0 radical (unpaired) electrons. The molecule has 1 amide bonds. The fraction of sp³-hybridized carbons (Fsp3) is 0.857. The first-order valence-electron chi connectivity index (χ1n) is 17.1. The fourth-order valence-electron chi connectivity index (χ4n) is 4.99. The summed E-state index contributed by atoms with van der Waals surface area (Å²) in [6.07, 6.45) is 38.2. The van der Waals surface area contributed by atoms with Crippen LogP contribution in [0.2, 0.25) is 0 Å². The maximum Gasteiger partial charge on any atom is 0.220 e. The molecular weight excluding hydrogens is 482 g/mol. The van der Waals surface area contributed by atoms with Crippen molar-refractivity contribution >= 4 is 5.91 Å². The molecule has 0 aliphatic rings. The summed E-state index contributed by atoms with van der Waals surface area (Å²) in [6, 6.07) is -0.619. The lowest BCUT2D eigenvalue weighted by Gasteiger charge is -2.20. The van der Waals surface area contributed by atoms with Crippen molar-refractivity contribution in [1.82, 2.24) is 5.32 Å². The van der Waals surface area contributed by atoms with Gasteiger partial charge in [0.05, 0.1) is 18.8 Å². The van der Waals surface area contributed by atoms with Gasteiger partial charge in [-0.2, -0.15) is 0 Å². The molecule has 0 saturated carbocycles. The van der Waals surface area contributed by atoms with Gasteiger partial charge in [-0.1, -0.05) is 147 Å². The molecular formula is C35H67NO3. The Kier molecular flexibility index (Phi) is 30.5. The quantitative estimate of drug-likeness (QED) is 0.0617. The molecule has 2 unspecified atom stereocenters. The number of nitrogens with one attached hydrogen (secondary N) is 1. The number of allylic oxidation sites excluding steroid dienone is 3. The Bertz CT molecular complexity index is 560. The van der Waals surface area contributed by atoms with Gasteiger partial charge in [-0.25, -0.2) is 0 Å². The molecule has 230 valence electrons. The zero-order chi connectivity index (χ0) is 28.7. The van der Waals surface area contributed by atoms with Crippen LogP contribution < -0.4 is 5.32 Å². The van der Waals surface area contributed by atoms with Crippen LogP contribution in [0.15, 0.2) is 24.3 Å². The molecule has 0 rings (SSSR count). The Morgan fingerprint density at radius 3 is 1.44 bits per heavy atom. The number of amides is 1. The first kappa shape index (κ1) is 37.9. The molecule has 0 aromatic heterocycles. The summed E-state index contributed by atoms with van der Waals surface area (Å²) in [5.74, 6) is -0.0716. The van der Waals surface area contributed by atoms with Crippen molar-refractivity contribution in [2.75, 3.05) is 6.61 Å². The van der Waals surface area contributed by atoms with Crippen molar-refractivity contribution in [2.45, 2.75) is 187 Å². The predicted octanol–water partition coefficient (Wildman–Crippen LogP) is 9.73. The van der Waals surface area contributed by atoms with Crippen molar-refractivity contribution in [1.29, 1.82) is 0 Å². The second kappa shape index (κ2) is 31.4. The van der Waals surface area contributed by atoms with Crippen molar-refractivity contribution in [2.24, 2.45) is 0 Å². The molecule has 0 fully saturated rings. The molecule has 4 nitrogen and oxygen atoms in total. The normalized spacial score (nSPS) is 13.4. The third kappa shape index (κ3) is 28.2. The van der Waals surface area contributed by atoms with E-state index >= 15 is 0 Å². The van der Waals surface area contributed by atoms with Crippen LogP contribution in [0.25, 0.3) is 0 Å². The topological polar surface area (TPSA) is 69.6 Å². The molecule has 0 heterocycles. The molecule has 0 aliphatic carbocycles. The summed E-state index contributed by atoms with van der Waals surface area (Å²) >= 11 is 0. The highest BCUT2D eigenvalue weighted by atomic mass is 16.3. The molecule has 0 aromatic carbocycles. The highest BCUT2D eigenvalue weighted by Crippen LogP contribution is 2.13. The standard InChI is InChI=1S/C35H67NO3/c1-3-5-7-9-11-13-15-17-18-19-21-23-25-27-29-31-35(39)36-33(32-37)34(38)30-28-26-24-22-20-16-14-12-10-8-6-4-2/h13,15,28,30,33-34,37-38H,3-12,14,16-27,29,31-32H2,1-2H3,(H,36,39)/b15-13-,30-28+. The molecule has 0 spiro atoms. The van der Waals surface area contributed by atoms with E-state index in [0.717, 1.165) is 25.7 Å². The summed E-state index contributed by atoms with van der Waals surface area (Å²) < 4.78 is 0. The van der Waals surface area contributed by atoms with Gasteiger partial charge in [0.1, 0.15) is 0 Å². The van der Waals surface area contributed by atoms with Crippen LogP contribution in [-0.4, -0.2) is 34.9 Å². The van der Waals surface area contributed by atoms with Gasteiger partial charge in [0.15, 0.2) is 0 Å². The third-order valence-electron chi connectivity index (χ3n) is 7.68. The maximum atomic E-state index is 12.3. The summed E-state index contributed by atoms with van der Waals surface area (Å²) in [6.45, 7) is 4.27. The molecule has 2 atom stereocenters. The predicted molar refractivity (Wildman–Crippen MR) is 170 cm³/mol. The van der Waals surface area contributed by atoms with Gasteiger partial charge < -0.3 is 15.5 Å². The second-order valence-corrected chi connectivity index (χ2v) is 11.6. The number of hydrogen-bond donors (Lipinski definition) is 3. The van der Waals surface area contributed by atoms with E-state index in [0.29, 0.717) is 6.42 Å². The molecule has 0 aliphatic heterocycles. The second-order valence-electron chi connectivity index (χ2n) is 11.6. The number of hydrogen-bond acceptors (Lipinski definition) is 3. The van der Waals surface area contributed by atoms with Crippen LogP contribution in [0.3, 0.4) is 0 Å². The number of carbonyl (C=O) groups excluding carboxylic acids is 1. The smallest absolute Gasteiger partial charge is 0.220 e. The van der Waals surface area contributed by atoms with Crippen LogP contribution in [0.5, 0.6) is 0 Å². The van der Waals surface area contributed by atoms with Crippen molar-refractivity contribution in [3.8, 4) is 0 Å². The van der Waals surface area contributed by atoms with E-state index in [1.165, 1.54) is 128 Å². The monoisotopic (exact) mass is 550 g/mol. The van der Waals surface area contributed by atoms with E-state index in [1.54, 1.807) is 6.08 Å². The summed E-state index contributed by atoms with van der Waals surface area (Å²) in [4.78, 5) is 12.3. The van der Waals surface area contributed by atoms with Gasteiger partial charge in [0, 0.05) is 6.42 Å². The Morgan fingerprint density at radius 2 is 0.974 bits per heavy atom. The molecule has 0 saturated heterocycles. The zero-order valence-electron chi connectivity index (χ0n) is 26.2. The zero-order valence-corrected chi connectivity index (χ0v) is 26.2. The Morgan fingerprint density at radius 1 is 0.590 bits per heavy atom. The van der Waals surface area contributed by atoms with Crippen molar-refractivity contribution in [3.63, 3.8) is 0 Å². The van der Waals surface area contributed by atoms with Gasteiger partial charge in [0.2, 0.25) is 5.91 Å². The average molecular weight is 550 g/mol. The van der Waals surface area contributed by atoms with E-state index in [-0.39, 0.29) is 12.5 Å². The number of carbonyl (C=O) groups is 1. The lowest BCUT2D eigenvalue weighted by Crippen LogP contribution is -2.45. The van der Waals surface area contributed by atoms with Crippen molar-refractivity contribution in [3.05, 3.63) is 24.3 Å². The SMILES string of the molecule is CCCCCC/C=C\CCCCCCCCCC(=O)NC(CO)C(O)/C=C/CCCCCCCCCCCC. The maximum absolute atomic E-state index is 12.3. The summed E-state index contributed by atoms with van der Waals surface area (Å²) in [5, 5.41) is 22.8. The molecule has 4 heteroatoms. The summed E-state index contributed by atoms with van der Waals surface area (Å²) in [7, 11) is 0. The Balaban J connectivity index is 3.65. The number of aliphatic hydroxyl groups is 2. The largest absolute Gasteiger partial charge is 0.394 e. The molecule has 3 N–H and O–H groups in total. The third-order valence-corrected chi connectivity index (χ3v) is 7.68. The minimum atomic E-state index is -0.835. The van der Waals surface area contributed by atoms with Gasteiger partial charge in [0.25, 0.3) is 0 Å². The van der Waals surface area contributed by atoms with Crippen LogP contribution in [-0.2, 0) is 4.79 Å². The first-order valence-corrected chi connectivity index (χ1v) is 17.1. The lowest BCUT2D eigenvalue weighted by atomic mass is 10.1. The lowest BCUT2D eigenvalue weighted by molar-refractivity contribution is -0.123. The Hall–Kier alpha value is -1.13. The average Bonchev–Trinajstić information content (AvgIpc) is 2.94. The van der Waals surface area contributed by atoms with E-state index in [2.05, 4.69) is 31.3 Å². The van der Waals surface area contributed by atoms with Crippen LogP contribution in [0, 0.1) is 0 Å².